The molecule has 0 amide bonds. The lowest BCUT2D eigenvalue weighted by Gasteiger charge is -2.20. The molecule has 0 spiro atoms. The van der Waals surface area contributed by atoms with Crippen molar-refractivity contribution in [1.29, 1.82) is 0 Å². The maximum atomic E-state index is 13.9. The Morgan fingerprint density at radius 2 is 1.95 bits per heavy atom. The third kappa shape index (κ3) is 2.78. The Hall–Kier alpha value is -1.21. The normalized spacial score (nSPS) is 21.6. The predicted octanol–water partition coefficient (Wildman–Crippen LogP) is 2.36. The summed E-state index contributed by atoms with van der Waals surface area (Å²) in [6.45, 7) is 2.76. The number of hydrogen-bond acceptors (Lipinski definition) is 3. The number of nitrogen functional groups attached to an aromatic ring is 1. The van der Waals surface area contributed by atoms with Gasteiger partial charge in [-0.15, -0.1) is 0 Å². The smallest absolute Gasteiger partial charge is 0.246 e. The molecule has 1 aliphatic rings. The first-order valence-corrected chi connectivity index (χ1v) is 8.01. The zero-order valence-corrected chi connectivity index (χ0v) is 12.1. The van der Waals surface area contributed by atoms with Crippen molar-refractivity contribution in [2.24, 2.45) is 5.92 Å². The van der Waals surface area contributed by atoms with E-state index in [0.717, 1.165) is 31.4 Å². The van der Waals surface area contributed by atoms with Gasteiger partial charge in [-0.1, -0.05) is 6.92 Å². The van der Waals surface area contributed by atoms with Gasteiger partial charge in [0, 0.05) is 13.1 Å². The van der Waals surface area contributed by atoms with Gasteiger partial charge in [0.25, 0.3) is 0 Å². The molecule has 1 atom stereocenters. The van der Waals surface area contributed by atoms with E-state index in [2.05, 4.69) is 6.92 Å². The van der Waals surface area contributed by atoms with Gasteiger partial charge < -0.3 is 5.73 Å². The van der Waals surface area contributed by atoms with Crippen LogP contribution in [0, 0.1) is 17.6 Å². The molecule has 0 aliphatic carbocycles. The number of rotatable bonds is 2. The van der Waals surface area contributed by atoms with Crippen LogP contribution < -0.4 is 5.73 Å². The summed E-state index contributed by atoms with van der Waals surface area (Å²) < 4.78 is 53.2. The molecule has 20 heavy (non-hydrogen) atoms. The summed E-state index contributed by atoms with van der Waals surface area (Å²) in [4.78, 5) is -0.550. The summed E-state index contributed by atoms with van der Waals surface area (Å²) in [5.41, 5.74) is 4.47. The van der Waals surface area contributed by atoms with Crippen LogP contribution in [0.3, 0.4) is 0 Å². The summed E-state index contributed by atoms with van der Waals surface area (Å²) >= 11 is 0. The molecule has 7 heteroatoms. The van der Waals surface area contributed by atoms with Crippen molar-refractivity contribution < 1.29 is 17.2 Å². The Labute approximate surface area is 117 Å². The van der Waals surface area contributed by atoms with E-state index in [4.69, 9.17) is 5.73 Å². The van der Waals surface area contributed by atoms with Crippen molar-refractivity contribution in [2.75, 3.05) is 18.8 Å². The lowest BCUT2D eigenvalue weighted by atomic mass is 10.0. The van der Waals surface area contributed by atoms with Crippen LogP contribution in [-0.4, -0.2) is 25.8 Å². The Balaban J connectivity index is 2.37. The quantitative estimate of drug-likeness (QED) is 0.853. The van der Waals surface area contributed by atoms with E-state index >= 15 is 0 Å². The minimum atomic E-state index is -3.97. The maximum Gasteiger partial charge on any atom is 0.246 e. The van der Waals surface area contributed by atoms with E-state index in [1.165, 1.54) is 4.31 Å². The molecule has 1 unspecified atom stereocenters. The van der Waals surface area contributed by atoms with Crippen LogP contribution in [0.5, 0.6) is 0 Å². The third-order valence-corrected chi connectivity index (χ3v) is 5.60. The van der Waals surface area contributed by atoms with Crippen molar-refractivity contribution in [2.45, 2.75) is 31.1 Å². The minimum Gasteiger partial charge on any atom is -0.394 e. The van der Waals surface area contributed by atoms with Crippen LogP contribution in [0.4, 0.5) is 14.5 Å². The van der Waals surface area contributed by atoms with Crippen molar-refractivity contribution in [3.63, 3.8) is 0 Å². The van der Waals surface area contributed by atoms with Crippen LogP contribution >= 0.6 is 0 Å². The largest absolute Gasteiger partial charge is 0.394 e. The lowest BCUT2D eigenvalue weighted by molar-refractivity contribution is 0.413. The molecule has 1 aromatic rings. The summed E-state index contributed by atoms with van der Waals surface area (Å²) in [6.07, 6.45) is 2.41. The van der Waals surface area contributed by atoms with Gasteiger partial charge in [-0.05, 0) is 37.3 Å². The van der Waals surface area contributed by atoms with Gasteiger partial charge >= 0.3 is 0 Å². The second-order valence-corrected chi connectivity index (χ2v) is 7.12. The Morgan fingerprint density at radius 3 is 2.65 bits per heavy atom. The van der Waals surface area contributed by atoms with Crippen LogP contribution in [0.25, 0.3) is 0 Å². The first-order valence-electron chi connectivity index (χ1n) is 6.57. The highest BCUT2D eigenvalue weighted by Gasteiger charge is 2.30. The molecule has 0 bridgehead atoms. The van der Waals surface area contributed by atoms with Crippen molar-refractivity contribution in [3.05, 3.63) is 23.8 Å². The molecular formula is C13H18F2N2O2S. The number of nitrogens with zero attached hydrogens (tertiary/aromatic N) is 1. The van der Waals surface area contributed by atoms with E-state index in [0.29, 0.717) is 19.0 Å². The van der Waals surface area contributed by atoms with Gasteiger partial charge in [-0.2, -0.15) is 4.31 Å². The molecule has 4 nitrogen and oxygen atoms in total. The molecule has 1 saturated heterocycles. The summed E-state index contributed by atoms with van der Waals surface area (Å²) in [6, 6.07) is 1.82. The molecule has 0 radical (unpaired) electrons. The fourth-order valence-corrected chi connectivity index (χ4v) is 3.93. The SMILES string of the molecule is CC1CCCN(S(=O)(=O)c2ccc(F)c(N)c2F)CC1. The van der Waals surface area contributed by atoms with Crippen molar-refractivity contribution >= 4 is 15.7 Å². The first-order chi connectivity index (χ1) is 9.34. The Morgan fingerprint density at radius 1 is 1.25 bits per heavy atom. The van der Waals surface area contributed by atoms with Crippen molar-refractivity contribution in [3.8, 4) is 0 Å². The van der Waals surface area contributed by atoms with Crippen LogP contribution in [0.1, 0.15) is 26.2 Å². The summed E-state index contributed by atoms with van der Waals surface area (Å²) in [5.74, 6) is -1.72. The molecule has 1 aliphatic heterocycles. The summed E-state index contributed by atoms with van der Waals surface area (Å²) in [5, 5.41) is 0. The van der Waals surface area contributed by atoms with E-state index < -0.39 is 32.2 Å². The molecule has 2 rings (SSSR count). The van der Waals surface area contributed by atoms with Gasteiger partial charge in [-0.3, -0.25) is 0 Å². The standard InChI is InChI=1S/C13H18F2N2O2S/c1-9-3-2-7-17(8-6-9)20(18,19)11-5-4-10(14)13(16)12(11)15/h4-5,9H,2-3,6-8,16H2,1H3. The molecular weight excluding hydrogens is 286 g/mol. The monoisotopic (exact) mass is 304 g/mol. The number of benzene rings is 1. The first kappa shape index (κ1) is 15.2. The van der Waals surface area contributed by atoms with E-state index in [9.17, 15) is 17.2 Å². The third-order valence-electron chi connectivity index (χ3n) is 3.68. The van der Waals surface area contributed by atoms with E-state index in [1.807, 2.05) is 0 Å². The highest BCUT2D eigenvalue weighted by atomic mass is 32.2. The number of nitrogens with two attached hydrogens (primary N) is 1. The Bertz CT molecular complexity index is 605. The van der Waals surface area contributed by atoms with Crippen LogP contribution in [0.2, 0.25) is 0 Å². The summed E-state index contributed by atoms with van der Waals surface area (Å²) in [7, 11) is -3.97. The number of anilines is 1. The maximum absolute atomic E-state index is 13.9. The predicted molar refractivity (Wildman–Crippen MR) is 72.5 cm³/mol. The van der Waals surface area contributed by atoms with E-state index in [1.54, 1.807) is 0 Å². The van der Waals surface area contributed by atoms with Crippen LogP contribution in [-0.2, 0) is 10.0 Å². The molecule has 0 aromatic heterocycles. The topological polar surface area (TPSA) is 63.4 Å². The molecule has 0 saturated carbocycles. The molecule has 1 heterocycles. The number of sulfonamides is 1. The average Bonchev–Trinajstić information content (AvgIpc) is 2.61. The van der Waals surface area contributed by atoms with Gasteiger partial charge in [0.05, 0.1) is 0 Å². The molecule has 1 aromatic carbocycles. The molecule has 112 valence electrons. The zero-order valence-electron chi connectivity index (χ0n) is 11.3. The van der Waals surface area contributed by atoms with E-state index in [-0.39, 0.29) is 0 Å². The van der Waals surface area contributed by atoms with Crippen molar-refractivity contribution in [1.82, 2.24) is 4.31 Å². The Kier molecular flexibility index (Phi) is 4.29. The fraction of sp³-hybridized carbons (Fsp3) is 0.538. The average molecular weight is 304 g/mol. The fourth-order valence-electron chi connectivity index (χ4n) is 2.36. The second kappa shape index (κ2) is 5.65. The zero-order chi connectivity index (χ0) is 14.9. The second-order valence-electron chi connectivity index (χ2n) is 5.21. The number of hydrogen-bond donors (Lipinski definition) is 1. The van der Waals surface area contributed by atoms with Gasteiger partial charge in [0.15, 0.2) is 5.82 Å². The highest BCUT2D eigenvalue weighted by Crippen LogP contribution is 2.27. The van der Waals surface area contributed by atoms with Gasteiger partial charge in [0.1, 0.15) is 16.4 Å². The number of halogens is 2. The van der Waals surface area contributed by atoms with Gasteiger partial charge in [0.2, 0.25) is 10.0 Å². The molecule has 1 fully saturated rings. The lowest BCUT2D eigenvalue weighted by Crippen LogP contribution is -2.32. The van der Waals surface area contributed by atoms with Gasteiger partial charge in [-0.25, -0.2) is 17.2 Å². The molecule has 2 N–H and O–H groups in total. The highest BCUT2D eigenvalue weighted by molar-refractivity contribution is 7.89. The van der Waals surface area contributed by atoms with Crippen LogP contribution in [0.15, 0.2) is 17.0 Å². The minimum absolute atomic E-state index is 0.347.